The molecule has 2 unspecified atom stereocenters. The van der Waals surface area contributed by atoms with Crippen LogP contribution in [-0.4, -0.2) is 22.4 Å². The van der Waals surface area contributed by atoms with Gasteiger partial charge in [0.05, 0.1) is 12.2 Å². The molecular weight excluding hydrogens is 200 g/mol. The lowest BCUT2D eigenvalue weighted by Gasteiger charge is -2.23. The Labute approximate surface area is 95.3 Å². The van der Waals surface area contributed by atoms with Crippen LogP contribution < -0.4 is 0 Å². The van der Waals surface area contributed by atoms with Gasteiger partial charge < -0.3 is 10.2 Å². The van der Waals surface area contributed by atoms with E-state index in [0.29, 0.717) is 0 Å². The van der Waals surface area contributed by atoms with E-state index in [0.717, 1.165) is 31.3 Å². The highest BCUT2D eigenvalue weighted by atomic mass is 16.3. The lowest BCUT2D eigenvalue weighted by molar-refractivity contribution is 0.209. The Bertz CT molecular complexity index is 438. The summed E-state index contributed by atoms with van der Waals surface area (Å²) in [5, 5.41) is 19.9. The largest absolute Gasteiger partial charge is 0.389 e. The van der Waals surface area contributed by atoms with Crippen LogP contribution in [0.4, 0.5) is 0 Å². The fourth-order valence-corrected chi connectivity index (χ4v) is 2.91. The van der Waals surface area contributed by atoms with Crippen LogP contribution in [0.3, 0.4) is 0 Å². The molecule has 3 aliphatic carbocycles. The van der Waals surface area contributed by atoms with Gasteiger partial charge in [-0.15, -0.1) is 0 Å². The molecule has 0 amide bonds. The van der Waals surface area contributed by atoms with Gasteiger partial charge in [0.1, 0.15) is 0 Å². The van der Waals surface area contributed by atoms with Crippen molar-refractivity contribution in [3.63, 3.8) is 0 Å². The first-order chi connectivity index (χ1) is 7.75. The summed E-state index contributed by atoms with van der Waals surface area (Å²) < 4.78 is 0. The van der Waals surface area contributed by atoms with E-state index >= 15 is 0 Å². The molecule has 0 spiro atoms. The summed E-state index contributed by atoms with van der Waals surface area (Å²) in [5.41, 5.74) is 4.88. The fraction of sp³-hybridized carbons (Fsp3) is 0.429. The highest BCUT2D eigenvalue weighted by Crippen LogP contribution is 2.41. The maximum atomic E-state index is 10.0. The monoisotopic (exact) mass is 216 g/mol. The second-order valence-electron chi connectivity index (χ2n) is 4.78. The molecule has 2 N–H and O–H groups in total. The molecule has 16 heavy (non-hydrogen) atoms. The molecule has 2 atom stereocenters. The zero-order valence-electron chi connectivity index (χ0n) is 9.19. The third-order valence-electron chi connectivity index (χ3n) is 3.83. The van der Waals surface area contributed by atoms with E-state index < -0.39 is 6.10 Å². The highest BCUT2D eigenvalue weighted by Gasteiger charge is 2.30. The maximum absolute atomic E-state index is 10.0. The number of allylic oxidation sites excluding steroid dienone is 5. The topological polar surface area (TPSA) is 40.5 Å². The zero-order valence-corrected chi connectivity index (χ0v) is 9.19. The first kappa shape index (κ1) is 10.1. The Hall–Kier alpha value is -1.12. The van der Waals surface area contributed by atoms with Gasteiger partial charge in [-0.25, -0.2) is 0 Å². The molecule has 0 aliphatic heterocycles. The van der Waals surface area contributed by atoms with Gasteiger partial charge in [-0.05, 0) is 42.4 Å². The number of hydrogen-bond donors (Lipinski definition) is 2. The van der Waals surface area contributed by atoms with Gasteiger partial charge in [-0.2, -0.15) is 0 Å². The zero-order chi connectivity index (χ0) is 11.1. The average Bonchev–Trinajstić information content (AvgIpc) is 2.54. The number of rotatable bonds is 0. The lowest BCUT2D eigenvalue weighted by Crippen LogP contribution is -2.15. The van der Waals surface area contributed by atoms with Crippen molar-refractivity contribution in [3.05, 3.63) is 46.6 Å². The van der Waals surface area contributed by atoms with E-state index in [1.54, 1.807) is 0 Å². The van der Waals surface area contributed by atoms with Gasteiger partial charge in [0.2, 0.25) is 0 Å². The van der Waals surface area contributed by atoms with Gasteiger partial charge in [0, 0.05) is 0 Å². The third-order valence-corrected chi connectivity index (χ3v) is 3.83. The average molecular weight is 216 g/mol. The minimum absolute atomic E-state index is 0.245. The second kappa shape index (κ2) is 3.72. The normalized spacial score (nSPS) is 32.9. The van der Waals surface area contributed by atoms with Crippen LogP contribution in [0.5, 0.6) is 0 Å². The molecule has 0 radical (unpaired) electrons. The maximum Gasteiger partial charge on any atom is 0.0943 e. The number of aliphatic hydroxyl groups is 2. The van der Waals surface area contributed by atoms with E-state index in [9.17, 15) is 10.2 Å². The molecule has 0 fully saturated rings. The smallest absolute Gasteiger partial charge is 0.0943 e. The number of aliphatic hydroxyl groups excluding tert-OH is 2. The van der Waals surface area contributed by atoms with E-state index in [4.69, 9.17) is 0 Å². The molecule has 0 aromatic rings. The van der Waals surface area contributed by atoms with Gasteiger partial charge in [0.25, 0.3) is 0 Å². The van der Waals surface area contributed by atoms with Crippen LogP contribution in [0, 0.1) is 0 Å². The van der Waals surface area contributed by atoms with Gasteiger partial charge in [-0.1, -0.05) is 29.9 Å². The second-order valence-corrected chi connectivity index (χ2v) is 4.78. The van der Waals surface area contributed by atoms with Crippen LogP contribution in [0.25, 0.3) is 0 Å². The summed E-state index contributed by atoms with van der Waals surface area (Å²) in [6.45, 7) is 0. The summed E-state index contributed by atoms with van der Waals surface area (Å²) in [6, 6.07) is 0. The molecule has 0 aromatic carbocycles. The predicted octanol–water partition coefficient (Wildman–Crippen LogP) is 2.01. The van der Waals surface area contributed by atoms with Gasteiger partial charge in [0.15, 0.2) is 0 Å². The summed E-state index contributed by atoms with van der Waals surface area (Å²) in [7, 11) is 0. The molecule has 0 saturated heterocycles. The van der Waals surface area contributed by atoms with E-state index in [1.165, 1.54) is 16.7 Å². The molecule has 3 rings (SSSR count). The molecule has 0 heterocycles. The summed E-state index contributed by atoms with van der Waals surface area (Å²) in [5.74, 6) is 0. The van der Waals surface area contributed by atoms with E-state index in [1.807, 2.05) is 18.2 Å². The lowest BCUT2D eigenvalue weighted by atomic mass is 9.85. The molecule has 3 aliphatic rings. The van der Waals surface area contributed by atoms with Crippen molar-refractivity contribution in [3.8, 4) is 0 Å². The van der Waals surface area contributed by atoms with Crippen LogP contribution in [0.15, 0.2) is 46.6 Å². The minimum atomic E-state index is -0.447. The van der Waals surface area contributed by atoms with Crippen molar-refractivity contribution in [1.29, 1.82) is 0 Å². The first-order valence-corrected chi connectivity index (χ1v) is 5.89. The van der Waals surface area contributed by atoms with Crippen LogP contribution in [0.2, 0.25) is 0 Å². The molecule has 2 nitrogen and oxygen atoms in total. The first-order valence-electron chi connectivity index (χ1n) is 5.89. The van der Waals surface area contributed by atoms with E-state index in [2.05, 4.69) is 6.08 Å². The van der Waals surface area contributed by atoms with Crippen LogP contribution in [0.1, 0.15) is 25.7 Å². The predicted molar refractivity (Wildman–Crippen MR) is 62.8 cm³/mol. The Balaban J connectivity index is 1.95. The van der Waals surface area contributed by atoms with Crippen molar-refractivity contribution < 1.29 is 10.2 Å². The van der Waals surface area contributed by atoms with Crippen molar-refractivity contribution >= 4 is 0 Å². The molecule has 0 bridgehead atoms. The summed E-state index contributed by atoms with van der Waals surface area (Å²) >= 11 is 0. The van der Waals surface area contributed by atoms with Crippen molar-refractivity contribution in [2.75, 3.05) is 0 Å². The van der Waals surface area contributed by atoms with E-state index in [-0.39, 0.29) is 6.10 Å². The highest BCUT2D eigenvalue weighted by molar-refractivity contribution is 5.47. The number of hydrogen-bond acceptors (Lipinski definition) is 2. The standard InChI is InChI=1S/C14H16O2/c15-13-4-2-1-3-9-7-12-10(8-11(9)13)5-6-14(12)16/h1-4,13-16H,5-8H2. The Kier molecular flexibility index (Phi) is 2.34. The Morgan fingerprint density at radius 2 is 1.94 bits per heavy atom. The van der Waals surface area contributed by atoms with Crippen LogP contribution in [-0.2, 0) is 0 Å². The quantitative estimate of drug-likeness (QED) is 0.608. The van der Waals surface area contributed by atoms with Crippen molar-refractivity contribution in [1.82, 2.24) is 0 Å². The summed E-state index contributed by atoms with van der Waals surface area (Å²) in [6.07, 6.45) is 10.6. The molecule has 0 aromatic heterocycles. The van der Waals surface area contributed by atoms with Crippen molar-refractivity contribution in [2.45, 2.75) is 37.9 Å². The Morgan fingerprint density at radius 3 is 2.81 bits per heavy atom. The van der Waals surface area contributed by atoms with Gasteiger partial charge in [-0.3, -0.25) is 0 Å². The molecular formula is C14H16O2. The molecule has 0 saturated carbocycles. The van der Waals surface area contributed by atoms with Crippen LogP contribution >= 0.6 is 0 Å². The fourth-order valence-electron chi connectivity index (χ4n) is 2.91. The van der Waals surface area contributed by atoms with Gasteiger partial charge >= 0.3 is 0 Å². The molecule has 84 valence electrons. The molecule has 2 heteroatoms. The summed E-state index contributed by atoms with van der Waals surface area (Å²) in [4.78, 5) is 0. The third kappa shape index (κ3) is 1.49. The Morgan fingerprint density at radius 1 is 1.06 bits per heavy atom. The minimum Gasteiger partial charge on any atom is -0.389 e. The SMILES string of the molecule is OC1C=CC=CC2=C1CC1=C(C2)C(O)CC1. The van der Waals surface area contributed by atoms with Crippen molar-refractivity contribution in [2.24, 2.45) is 0 Å².